The third kappa shape index (κ3) is 30.0. The van der Waals surface area contributed by atoms with E-state index in [0.29, 0.717) is 7.92 Å². The van der Waals surface area contributed by atoms with Gasteiger partial charge in [-0.05, 0) is 55.5 Å². The van der Waals surface area contributed by atoms with Crippen LogP contribution >= 0.6 is 33.7 Å². The molecule has 0 unspecified atom stereocenters. The number of rotatable bonds is 9. The second kappa shape index (κ2) is 47.9. The Morgan fingerprint density at radius 2 is 0.402 bits per heavy atom. The van der Waals surface area contributed by atoms with Gasteiger partial charge in [0.25, 0.3) is 0 Å². The van der Waals surface area contributed by atoms with Crippen LogP contribution in [-0.2, 0) is 89.5 Å². The summed E-state index contributed by atoms with van der Waals surface area (Å²) >= 11 is 0. The first-order valence-corrected chi connectivity index (χ1v) is 38.8. The molecule has 0 nitrogen and oxygen atoms in total. The van der Waals surface area contributed by atoms with E-state index in [4.69, 9.17) is 0 Å². The van der Waals surface area contributed by atoms with Gasteiger partial charge in [0.15, 0.2) is 0 Å². The Hall–Kier alpha value is 2.08. The summed E-state index contributed by atoms with van der Waals surface area (Å²) in [6.07, 6.45) is 69.4. The molecule has 0 heterocycles. The number of hydrogen-bond acceptors (Lipinski definition) is 0. The molecule has 0 aromatic heterocycles. The quantitative estimate of drug-likeness (QED) is 0.0890. The largest absolute Gasteiger partial charge is 1.00 e. The van der Waals surface area contributed by atoms with Crippen LogP contribution in [0.25, 0.3) is 21.5 Å². The van der Waals surface area contributed by atoms with Crippen molar-refractivity contribution in [2.24, 2.45) is 0 Å². The fourth-order valence-corrected chi connectivity index (χ4v) is 25.8. The average molecular weight is 1910 g/mol. The van der Waals surface area contributed by atoms with Crippen molar-refractivity contribution in [2.75, 3.05) is 0 Å². The summed E-state index contributed by atoms with van der Waals surface area (Å²) in [4.78, 5) is 0. The van der Waals surface area contributed by atoms with Gasteiger partial charge in [-0.2, -0.15) is 153 Å². The molecule has 82 heavy (non-hydrogen) atoms. The molecule has 9 fully saturated rings. The first kappa shape index (κ1) is 76.5. The Bertz CT molecular complexity index is 1710. The van der Waals surface area contributed by atoms with E-state index in [-0.39, 0.29) is 89.5 Å². The molecule has 0 bridgehead atoms. The minimum atomic E-state index is 0. The number of benzene rings is 4. The Morgan fingerprint density at radius 3 is 0.573 bits per heavy atom. The summed E-state index contributed by atoms with van der Waals surface area (Å²) in [7, 11) is 5.89. The minimum Gasteiger partial charge on any atom is -0.533 e. The molecule has 9 aliphatic carbocycles. The summed E-state index contributed by atoms with van der Waals surface area (Å²) in [5.41, 5.74) is 10.1. The second-order valence-electron chi connectivity index (χ2n) is 25.9. The molecule has 4 aromatic rings. The van der Waals surface area contributed by atoms with Crippen molar-refractivity contribution < 1.29 is 89.5 Å². The van der Waals surface area contributed by atoms with E-state index in [1.807, 2.05) is 98.5 Å². The van der Waals surface area contributed by atoms with Crippen molar-refractivity contribution in [2.45, 2.75) is 340 Å². The van der Waals surface area contributed by atoms with Crippen molar-refractivity contribution in [1.29, 1.82) is 0 Å². The number of fused-ring (bicyclic) bond motifs is 2. The summed E-state index contributed by atoms with van der Waals surface area (Å²) in [5, 5.41) is 4.89. The molecule has 0 spiro atoms. The van der Waals surface area contributed by atoms with Crippen molar-refractivity contribution in [1.82, 2.24) is 0 Å². The summed E-state index contributed by atoms with van der Waals surface area (Å²) < 4.78 is 0. The van der Waals surface area contributed by atoms with E-state index < -0.39 is 0 Å². The fraction of sp³-hybridized carbons (Fsp3) is 0.730. The van der Waals surface area contributed by atoms with Gasteiger partial charge < -0.3 is 25.7 Å². The van der Waals surface area contributed by atoms with Crippen LogP contribution in [0.3, 0.4) is 0 Å². The van der Waals surface area contributed by atoms with Crippen LogP contribution in [0.15, 0.2) is 72.8 Å². The average Bonchev–Trinajstić information content (AvgIpc) is 3.56. The predicted octanol–water partition coefficient (Wildman–Crippen LogP) is 25.1. The summed E-state index contributed by atoms with van der Waals surface area (Å²) in [6.45, 7) is 0. The maximum atomic E-state index is 3.02. The van der Waals surface area contributed by atoms with Crippen molar-refractivity contribution in [3.05, 3.63) is 97.1 Å². The van der Waals surface area contributed by atoms with Gasteiger partial charge in [0, 0.05) is 0 Å². The molecule has 0 aliphatic heterocycles. The van der Waals surface area contributed by atoms with E-state index >= 15 is 0 Å². The van der Waals surface area contributed by atoms with Gasteiger partial charge in [0.2, 0.25) is 0 Å². The van der Waals surface area contributed by atoms with Crippen LogP contribution in [0.4, 0.5) is 0 Å². The first-order valence-electron chi connectivity index (χ1n) is 34.1. The summed E-state index contributed by atoms with van der Waals surface area (Å²) in [6, 6.07) is 35.8. The Morgan fingerprint density at radius 1 is 0.232 bits per heavy atom. The molecule has 9 saturated carbocycles. The Kier molecular flexibility index (Phi) is 44.7. The molecule has 0 amide bonds. The van der Waals surface area contributed by atoms with E-state index in [1.165, 1.54) is 250 Å². The zero-order valence-electron chi connectivity index (χ0n) is 50.9. The third-order valence-electron chi connectivity index (χ3n) is 19.8. The zero-order valence-corrected chi connectivity index (χ0v) is 63.2. The van der Waals surface area contributed by atoms with Crippen LogP contribution in [0.1, 0.15) is 289 Å². The van der Waals surface area contributed by atoms with Crippen LogP contribution in [0.2, 0.25) is 0 Å². The standard InChI is InChI=1S/C18H33P.3C12H22P.2C10H6.4Au/c1-4-10-16(11-5-1)19(17-12-6-2-7-13-17)18-14-8-3-9-15-18;3*1-3-7-11(8-4-1)13-12-9-5-2-6-10-12;2*1-2-6-10-8-4-3-7-9(10)5-1;;;;/h16-18H,1-15H2;3*11-12H,1-10H2;2*1,3,5-8H;;;;/q;3*-1;2*-2;4*+1. The predicted molar refractivity (Wildman–Crippen MR) is 353 cm³/mol. The summed E-state index contributed by atoms with van der Waals surface area (Å²) in [5.74, 6) is 0. The third-order valence-corrected chi connectivity index (χ3v) is 29.5. The van der Waals surface area contributed by atoms with Gasteiger partial charge in [-0.25, -0.2) is 0 Å². The van der Waals surface area contributed by atoms with Crippen molar-refractivity contribution in [3.8, 4) is 0 Å². The second-order valence-corrected chi connectivity index (χ2v) is 34.3. The molecular weight excluding hydrogens is 1800 g/mol. The molecule has 9 aliphatic rings. The molecule has 13 rings (SSSR count). The molecule has 0 atom stereocenters. The smallest absolute Gasteiger partial charge is 0.533 e. The van der Waals surface area contributed by atoms with Crippen molar-refractivity contribution in [3.63, 3.8) is 0 Å². The molecule has 4 aromatic carbocycles. The maximum Gasteiger partial charge on any atom is 1.00 e. The van der Waals surface area contributed by atoms with E-state index in [9.17, 15) is 0 Å². The molecule has 8 heteroatoms. The van der Waals surface area contributed by atoms with Crippen molar-refractivity contribution >= 4 is 55.2 Å². The molecule has 0 radical (unpaired) electrons. The number of hydrogen-bond donors (Lipinski definition) is 0. The van der Waals surface area contributed by atoms with Gasteiger partial charge in [0.1, 0.15) is 0 Å². The zero-order chi connectivity index (χ0) is 53.3. The van der Waals surface area contributed by atoms with Crippen LogP contribution in [0.5, 0.6) is 0 Å². The molecule has 0 saturated heterocycles. The SMILES string of the molecule is C1CCC(P(C2CCCCC2)C2CCCCC2)CC1.C1CCC([P-]C2CCCCC2)CC1.C1CCC([P-]C2CCCCC2)CC1.C1CCC([P-]C2CCCCC2)CC1.[Au+].[Au+].[Au+].[Au+].[c-]1ccc2cc[c-]cc2c1.[c-]1ccc2cc[c-]cc2c1. The topological polar surface area (TPSA) is 0 Å². The Balaban J connectivity index is 0.000000212. The molecule has 0 N–H and O–H groups in total. The maximum absolute atomic E-state index is 3.02. The molecule has 474 valence electrons. The monoisotopic (exact) mass is 1910 g/mol. The van der Waals surface area contributed by atoms with E-state index in [1.54, 1.807) is 77.0 Å². The van der Waals surface area contributed by atoms with E-state index in [2.05, 4.69) is 24.3 Å². The first-order chi connectivity index (χ1) is 38.7. The van der Waals surface area contributed by atoms with Gasteiger partial charge in [-0.15, -0.1) is 0 Å². The van der Waals surface area contributed by atoms with Crippen LogP contribution in [-0.4, -0.2) is 50.9 Å². The van der Waals surface area contributed by atoms with Gasteiger partial charge >= 0.3 is 89.5 Å². The van der Waals surface area contributed by atoms with Gasteiger partial charge in [-0.1, -0.05) is 258 Å². The van der Waals surface area contributed by atoms with E-state index in [0.717, 1.165) is 34.0 Å². The molecular formula is C74H111Au4P4-3. The minimum absolute atomic E-state index is 0. The van der Waals surface area contributed by atoms with Crippen LogP contribution in [0, 0.1) is 24.3 Å². The fourth-order valence-electron chi connectivity index (χ4n) is 15.3. The van der Waals surface area contributed by atoms with Gasteiger partial charge in [0.05, 0.1) is 0 Å². The normalized spacial score (nSPS) is 22.3. The van der Waals surface area contributed by atoms with Crippen LogP contribution < -0.4 is 0 Å². The van der Waals surface area contributed by atoms with Gasteiger partial charge in [-0.3, -0.25) is 0 Å². The Labute approximate surface area is 575 Å².